The summed E-state index contributed by atoms with van der Waals surface area (Å²) in [5, 5.41) is 9.14. The Bertz CT molecular complexity index is 552. The minimum atomic E-state index is 0.0855. The van der Waals surface area contributed by atoms with Crippen molar-refractivity contribution in [1.29, 1.82) is 0 Å². The summed E-state index contributed by atoms with van der Waals surface area (Å²) in [6.07, 6.45) is 0. The average molecular weight is 274 g/mol. The zero-order valence-corrected chi connectivity index (χ0v) is 12.0. The third-order valence-electron chi connectivity index (χ3n) is 2.91. The Labute approximate surface area is 118 Å². The van der Waals surface area contributed by atoms with Gasteiger partial charge in [-0.25, -0.2) is 0 Å². The first kappa shape index (κ1) is 14.0. The summed E-state index contributed by atoms with van der Waals surface area (Å²) in [6, 6.07) is 14.2. The predicted octanol–water partition coefficient (Wildman–Crippen LogP) is 3.79. The lowest BCUT2D eigenvalue weighted by atomic mass is 10.1. The van der Waals surface area contributed by atoms with Gasteiger partial charge in [0.15, 0.2) is 0 Å². The second kappa shape index (κ2) is 6.64. The summed E-state index contributed by atoms with van der Waals surface area (Å²) in [5.41, 5.74) is 3.38. The van der Waals surface area contributed by atoms with Gasteiger partial charge < -0.3 is 9.84 Å². The highest BCUT2D eigenvalue weighted by atomic mass is 32.2. The molecule has 0 saturated heterocycles. The number of thioether (sulfide) groups is 1. The Hall–Kier alpha value is -1.45. The van der Waals surface area contributed by atoms with E-state index >= 15 is 0 Å². The third kappa shape index (κ3) is 3.75. The van der Waals surface area contributed by atoms with Crippen LogP contribution in [0.4, 0.5) is 0 Å². The molecule has 100 valence electrons. The zero-order chi connectivity index (χ0) is 13.7. The number of hydrogen-bond acceptors (Lipinski definition) is 3. The van der Waals surface area contributed by atoms with Gasteiger partial charge in [-0.3, -0.25) is 0 Å². The maximum absolute atomic E-state index is 9.14. The van der Waals surface area contributed by atoms with E-state index in [0.29, 0.717) is 0 Å². The Balaban J connectivity index is 2.11. The van der Waals surface area contributed by atoms with Gasteiger partial charge in [0.05, 0.1) is 13.7 Å². The van der Waals surface area contributed by atoms with E-state index in [-0.39, 0.29) is 6.61 Å². The third-order valence-corrected chi connectivity index (χ3v) is 3.95. The molecule has 2 rings (SSSR count). The minimum Gasteiger partial charge on any atom is -0.496 e. The first-order chi connectivity index (χ1) is 9.22. The average Bonchev–Trinajstić information content (AvgIpc) is 2.45. The molecule has 0 aliphatic heterocycles. The van der Waals surface area contributed by atoms with Crippen LogP contribution >= 0.6 is 11.8 Å². The van der Waals surface area contributed by atoms with E-state index in [2.05, 4.69) is 25.1 Å². The molecule has 2 aromatic rings. The van der Waals surface area contributed by atoms with Crippen molar-refractivity contribution in [2.75, 3.05) is 7.11 Å². The number of ether oxygens (including phenoxy) is 1. The van der Waals surface area contributed by atoms with Gasteiger partial charge in [-0.1, -0.05) is 29.8 Å². The monoisotopic (exact) mass is 274 g/mol. The molecule has 3 heteroatoms. The molecule has 1 N–H and O–H groups in total. The molecular formula is C16H18O2S. The Kier molecular flexibility index (Phi) is 4.88. The molecule has 0 heterocycles. The first-order valence-corrected chi connectivity index (χ1v) is 7.17. The van der Waals surface area contributed by atoms with Crippen molar-refractivity contribution in [2.24, 2.45) is 0 Å². The van der Waals surface area contributed by atoms with Crippen molar-refractivity contribution >= 4 is 11.8 Å². The molecule has 0 amide bonds. The van der Waals surface area contributed by atoms with E-state index in [0.717, 1.165) is 22.0 Å². The molecule has 0 radical (unpaired) electrons. The van der Waals surface area contributed by atoms with Crippen molar-refractivity contribution in [3.05, 3.63) is 59.2 Å². The summed E-state index contributed by atoms with van der Waals surface area (Å²) in [7, 11) is 1.70. The van der Waals surface area contributed by atoms with Crippen LogP contribution in [-0.4, -0.2) is 12.2 Å². The molecule has 0 saturated carbocycles. The minimum absolute atomic E-state index is 0.0855. The number of aliphatic hydroxyl groups is 1. The van der Waals surface area contributed by atoms with Crippen molar-refractivity contribution in [3.63, 3.8) is 0 Å². The first-order valence-electron chi connectivity index (χ1n) is 6.19. The van der Waals surface area contributed by atoms with Gasteiger partial charge >= 0.3 is 0 Å². The van der Waals surface area contributed by atoms with E-state index in [1.807, 2.05) is 24.3 Å². The fraction of sp³-hybridized carbons (Fsp3) is 0.250. The SMILES string of the molecule is COc1ccc(C)cc1CSc1cccc(CO)c1. The van der Waals surface area contributed by atoms with Gasteiger partial charge in [0.1, 0.15) is 5.75 Å². The molecule has 0 spiro atoms. The van der Waals surface area contributed by atoms with Crippen LogP contribution in [0.3, 0.4) is 0 Å². The van der Waals surface area contributed by atoms with Crippen LogP contribution in [0.2, 0.25) is 0 Å². The lowest BCUT2D eigenvalue weighted by molar-refractivity contribution is 0.281. The molecule has 0 atom stereocenters. The molecule has 2 aromatic carbocycles. The Morgan fingerprint density at radius 3 is 2.74 bits per heavy atom. The van der Waals surface area contributed by atoms with Gasteiger partial charge in [0, 0.05) is 16.2 Å². The van der Waals surface area contributed by atoms with Crippen LogP contribution in [0.15, 0.2) is 47.4 Å². The lowest BCUT2D eigenvalue weighted by Gasteiger charge is -2.09. The summed E-state index contributed by atoms with van der Waals surface area (Å²) in [6.45, 7) is 2.17. The van der Waals surface area contributed by atoms with Crippen LogP contribution in [0, 0.1) is 6.92 Å². The van der Waals surface area contributed by atoms with Crippen molar-refractivity contribution in [1.82, 2.24) is 0 Å². The molecule has 0 bridgehead atoms. The highest BCUT2D eigenvalue weighted by molar-refractivity contribution is 7.98. The standard InChI is InChI=1S/C16H18O2S/c1-12-6-7-16(18-2)14(8-12)11-19-15-5-3-4-13(9-15)10-17/h3-9,17H,10-11H2,1-2H3. The van der Waals surface area contributed by atoms with Crippen LogP contribution in [-0.2, 0) is 12.4 Å². The fourth-order valence-electron chi connectivity index (χ4n) is 1.91. The largest absolute Gasteiger partial charge is 0.496 e. The fourth-order valence-corrected chi connectivity index (χ4v) is 2.87. The maximum atomic E-state index is 9.14. The van der Waals surface area contributed by atoms with E-state index < -0.39 is 0 Å². The highest BCUT2D eigenvalue weighted by Gasteiger charge is 2.04. The molecular weight excluding hydrogens is 256 g/mol. The number of aryl methyl sites for hydroxylation is 1. The quantitative estimate of drug-likeness (QED) is 0.841. The van der Waals surface area contributed by atoms with Gasteiger partial charge in [0.25, 0.3) is 0 Å². The predicted molar refractivity (Wildman–Crippen MR) is 79.7 cm³/mol. The molecule has 0 fully saturated rings. The smallest absolute Gasteiger partial charge is 0.122 e. The number of rotatable bonds is 5. The normalized spacial score (nSPS) is 10.5. The van der Waals surface area contributed by atoms with Crippen LogP contribution in [0.25, 0.3) is 0 Å². The molecule has 0 unspecified atom stereocenters. The highest BCUT2D eigenvalue weighted by Crippen LogP contribution is 2.29. The Morgan fingerprint density at radius 1 is 1.16 bits per heavy atom. The van der Waals surface area contributed by atoms with E-state index in [1.165, 1.54) is 11.1 Å². The van der Waals surface area contributed by atoms with Crippen molar-refractivity contribution in [3.8, 4) is 5.75 Å². The summed E-state index contributed by atoms with van der Waals surface area (Å²) in [4.78, 5) is 1.16. The summed E-state index contributed by atoms with van der Waals surface area (Å²) in [5.74, 6) is 1.79. The van der Waals surface area contributed by atoms with Crippen LogP contribution < -0.4 is 4.74 Å². The topological polar surface area (TPSA) is 29.5 Å². The van der Waals surface area contributed by atoms with Gasteiger partial charge in [-0.05, 0) is 30.7 Å². The molecule has 0 aromatic heterocycles. The zero-order valence-electron chi connectivity index (χ0n) is 11.2. The summed E-state index contributed by atoms with van der Waals surface area (Å²) >= 11 is 1.75. The number of hydrogen-bond donors (Lipinski definition) is 1. The van der Waals surface area contributed by atoms with E-state index in [9.17, 15) is 0 Å². The maximum Gasteiger partial charge on any atom is 0.122 e. The molecule has 0 aliphatic rings. The van der Waals surface area contributed by atoms with Crippen molar-refractivity contribution < 1.29 is 9.84 Å². The second-order valence-electron chi connectivity index (χ2n) is 4.41. The van der Waals surface area contributed by atoms with Crippen LogP contribution in [0.5, 0.6) is 5.75 Å². The van der Waals surface area contributed by atoms with Crippen LogP contribution in [0.1, 0.15) is 16.7 Å². The van der Waals surface area contributed by atoms with Gasteiger partial charge in [-0.15, -0.1) is 11.8 Å². The van der Waals surface area contributed by atoms with Crippen molar-refractivity contribution in [2.45, 2.75) is 24.2 Å². The number of aliphatic hydroxyl groups excluding tert-OH is 1. The molecule has 2 nitrogen and oxygen atoms in total. The Morgan fingerprint density at radius 2 is 2.00 bits per heavy atom. The number of methoxy groups -OCH3 is 1. The van der Waals surface area contributed by atoms with E-state index in [4.69, 9.17) is 9.84 Å². The summed E-state index contributed by atoms with van der Waals surface area (Å²) < 4.78 is 5.38. The van der Waals surface area contributed by atoms with Gasteiger partial charge in [-0.2, -0.15) is 0 Å². The lowest BCUT2D eigenvalue weighted by Crippen LogP contribution is -1.91. The second-order valence-corrected chi connectivity index (χ2v) is 5.46. The molecule has 19 heavy (non-hydrogen) atoms. The van der Waals surface area contributed by atoms with E-state index in [1.54, 1.807) is 18.9 Å². The molecule has 0 aliphatic carbocycles. The number of benzene rings is 2. The van der Waals surface area contributed by atoms with Gasteiger partial charge in [0.2, 0.25) is 0 Å².